The average Bonchev–Trinajstić information content (AvgIpc) is 2.96. The van der Waals surface area contributed by atoms with Crippen molar-refractivity contribution in [1.82, 2.24) is 26.0 Å². The third kappa shape index (κ3) is 4.95. The highest BCUT2D eigenvalue weighted by atomic mass is 32.1. The predicted molar refractivity (Wildman–Crippen MR) is 111 cm³/mol. The molecule has 9 nitrogen and oxygen atoms in total. The Morgan fingerprint density at radius 2 is 1.97 bits per heavy atom. The molecule has 0 bridgehead atoms. The first kappa shape index (κ1) is 21.3. The maximum Gasteiger partial charge on any atom is 0.344 e. The van der Waals surface area contributed by atoms with Gasteiger partial charge < -0.3 is 20.1 Å². The van der Waals surface area contributed by atoms with Crippen LogP contribution in [-0.2, 0) is 15.1 Å². The van der Waals surface area contributed by atoms with Crippen LogP contribution in [0.3, 0.4) is 0 Å². The predicted octanol–water partition coefficient (Wildman–Crippen LogP) is 0.564. The fourth-order valence-corrected chi connectivity index (χ4v) is 3.52. The van der Waals surface area contributed by atoms with Gasteiger partial charge in [-0.3, -0.25) is 15.1 Å². The largest absolute Gasteiger partial charge is 0.497 e. The van der Waals surface area contributed by atoms with Crippen molar-refractivity contribution < 1.29 is 19.1 Å². The maximum atomic E-state index is 12.9. The zero-order chi connectivity index (χ0) is 20.9. The number of urea groups is 1. The molecule has 3 rings (SSSR count). The maximum absolute atomic E-state index is 12.9. The summed E-state index contributed by atoms with van der Waals surface area (Å²) in [6.07, 6.45) is 0.894. The summed E-state index contributed by atoms with van der Waals surface area (Å²) >= 11 is 5.24. The number of hydrazine groups is 1. The highest BCUT2D eigenvalue weighted by molar-refractivity contribution is 7.80. The minimum absolute atomic E-state index is 0.231. The Morgan fingerprint density at radius 1 is 1.28 bits per heavy atom. The Kier molecular flexibility index (Phi) is 6.88. The highest BCUT2D eigenvalue weighted by Crippen LogP contribution is 2.29. The first-order chi connectivity index (χ1) is 13.9. The number of amides is 3. The van der Waals surface area contributed by atoms with E-state index in [4.69, 9.17) is 21.7 Å². The molecular formula is C19H27N5O4S. The van der Waals surface area contributed by atoms with Gasteiger partial charge in [0, 0.05) is 19.6 Å². The molecular weight excluding hydrogens is 394 g/mol. The van der Waals surface area contributed by atoms with Gasteiger partial charge in [0.25, 0.3) is 5.91 Å². The number of morpholine rings is 1. The zero-order valence-corrected chi connectivity index (χ0v) is 17.5. The van der Waals surface area contributed by atoms with Crippen LogP contribution < -0.4 is 20.8 Å². The Labute approximate surface area is 175 Å². The number of benzene rings is 1. The van der Waals surface area contributed by atoms with Crippen molar-refractivity contribution in [3.8, 4) is 5.75 Å². The summed E-state index contributed by atoms with van der Waals surface area (Å²) in [5, 5.41) is 6.92. The molecule has 0 spiro atoms. The fourth-order valence-electron chi connectivity index (χ4n) is 3.33. The SMILES string of the molecule is COc1ccc([C@]2(C)NC(=O)N(NC(=S)NCCCN3CCOCC3)C2=O)cc1. The van der Waals surface area contributed by atoms with E-state index in [0.29, 0.717) is 17.9 Å². The number of rotatable bonds is 7. The molecule has 2 heterocycles. The van der Waals surface area contributed by atoms with Crippen molar-refractivity contribution in [3.05, 3.63) is 29.8 Å². The normalized spacial score (nSPS) is 22.3. The van der Waals surface area contributed by atoms with Gasteiger partial charge in [-0.25, -0.2) is 4.79 Å². The molecule has 158 valence electrons. The van der Waals surface area contributed by atoms with Gasteiger partial charge >= 0.3 is 6.03 Å². The smallest absolute Gasteiger partial charge is 0.344 e. The van der Waals surface area contributed by atoms with Crippen LogP contribution in [0.15, 0.2) is 24.3 Å². The minimum atomic E-state index is -1.18. The third-order valence-corrected chi connectivity index (χ3v) is 5.35. The molecule has 2 aliphatic heterocycles. The molecule has 1 atom stereocenters. The number of carbonyl (C=O) groups excluding carboxylic acids is 2. The van der Waals surface area contributed by atoms with Crippen LogP contribution in [0.25, 0.3) is 0 Å². The molecule has 29 heavy (non-hydrogen) atoms. The number of hydrogen-bond acceptors (Lipinski definition) is 6. The number of methoxy groups -OCH3 is 1. The van der Waals surface area contributed by atoms with E-state index in [-0.39, 0.29) is 5.11 Å². The van der Waals surface area contributed by atoms with Gasteiger partial charge in [-0.05, 0) is 49.8 Å². The third-order valence-electron chi connectivity index (χ3n) is 5.11. The summed E-state index contributed by atoms with van der Waals surface area (Å²) in [4.78, 5) is 27.6. The molecule has 2 aliphatic rings. The standard InChI is InChI=1S/C19H27N5O4S/c1-19(14-4-6-15(27-2)7-5-14)16(25)24(18(26)21-19)22-17(29)20-8-3-9-23-10-12-28-13-11-23/h4-7H,3,8-13H2,1-2H3,(H,21,26)(H2,20,22,29)/t19-/m0/s1. The molecule has 3 amide bonds. The van der Waals surface area contributed by atoms with Crippen molar-refractivity contribution in [2.75, 3.05) is 46.5 Å². The summed E-state index contributed by atoms with van der Waals surface area (Å²) in [5.74, 6) is 0.247. The first-order valence-corrected chi connectivity index (χ1v) is 10.0. The minimum Gasteiger partial charge on any atom is -0.497 e. The zero-order valence-electron chi connectivity index (χ0n) is 16.7. The number of nitrogens with one attached hydrogen (secondary N) is 3. The number of ether oxygens (including phenoxy) is 2. The number of hydrogen-bond donors (Lipinski definition) is 3. The lowest BCUT2D eigenvalue weighted by Gasteiger charge is -2.26. The van der Waals surface area contributed by atoms with E-state index < -0.39 is 17.5 Å². The second kappa shape index (κ2) is 9.38. The molecule has 0 aliphatic carbocycles. The van der Waals surface area contributed by atoms with E-state index in [0.717, 1.165) is 44.3 Å². The lowest BCUT2D eigenvalue weighted by molar-refractivity contribution is -0.132. The van der Waals surface area contributed by atoms with Crippen LogP contribution in [0.2, 0.25) is 0 Å². The molecule has 0 radical (unpaired) electrons. The van der Waals surface area contributed by atoms with Crippen molar-refractivity contribution >= 4 is 29.3 Å². The van der Waals surface area contributed by atoms with Gasteiger partial charge in [-0.15, -0.1) is 0 Å². The summed E-state index contributed by atoms with van der Waals surface area (Å²) in [6.45, 7) is 6.67. The number of imide groups is 1. The van der Waals surface area contributed by atoms with Crippen LogP contribution in [0.4, 0.5) is 4.79 Å². The Hall–Kier alpha value is -2.43. The van der Waals surface area contributed by atoms with Crippen LogP contribution in [-0.4, -0.2) is 73.5 Å². The summed E-state index contributed by atoms with van der Waals surface area (Å²) < 4.78 is 10.5. The van der Waals surface area contributed by atoms with Crippen molar-refractivity contribution in [2.24, 2.45) is 0 Å². The molecule has 0 unspecified atom stereocenters. The lowest BCUT2D eigenvalue weighted by atomic mass is 9.92. The van der Waals surface area contributed by atoms with Gasteiger partial charge in [-0.1, -0.05) is 12.1 Å². The number of carbonyl (C=O) groups is 2. The van der Waals surface area contributed by atoms with E-state index in [1.54, 1.807) is 38.3 Å². The molecule has 1 aromatic rings. The fraction of sp³-hybridized carbons (Fsp3) is 0.526. The molecule has 3 N–H and O–H groups in total. The molecule has 1 aromatic carbocycles. The van der Waals surface area contributed by atoms with Crippen LogP contribution in [0.1, 0.15) is 18.9 Å². The van der Waals surface area contributed by atoms with E-state index in [2.05, 4.69) is 21.0 Å². The van der Waals surface area contributed by atoms with E-state index in [9.17, 15) is 9.59 Å². The van der Waals surface area contributed by atoms with Gasteiger partial charge in [0.15, 0.2) is 5.11 Å². The molecule has 10 heteroatoms. The molecule has 0 saturated carbocycles. The van der Waals surface area contributed by atoms with Crippen molar-refractivity contribution in [1.29, 1.82) is 0 Å². The Bertz CT molecular complexity index is 753. The molecule has 2 fully saturated rings. The summed E-state index contributed by atoms with van der Waals surface area (Å²) in [7, 11) is 1.57. The Morgan fingerprint density at radius 3 is 2.62 bits per heavy atom. The quantitative estimate of drug-likeness (QED) is 0.334. The summed E-state index contributed by atoms with van der Waals surface area (Å²) in [6, 6.07) is 6.45. The monoisotopic (exact) mass is 421 g/mol. The average molecular weight is 422 g/mol. The molecule has 0 aromatic heterocycles. The summed E-state index contributed by atoms with van der Waals surface area (Å²) in [5.41, 5.74) is 2.18. The Balaban J connectivity index is 1.50. The van der Waals surface area contributed by atoms with Crippen LogP contribution >= 0.6 is 12.2 Å². The van der Waals surface area contributed by atoms with E-state index in [1.807, 2.05) is 0 Å². The van der Waals surface area contributed by atoms with Gasteiger partial charge in [0.2, 0.25) is 0 Å². The highest BCUT2D eigenvalue weighted by Gasteiger charge is 2.49. The van der Waals surface area contributed by atoms with Crippen LogP contribution in [0.5, 0.6) is 5.75 Å². The number of thiocarbonyl (C=S) groups is 1. The first-order valence-electron chi connectivity index (χ1n) is 9.60. The lowest BCUT2D eigenvalue weighted by Crippen LogP contribution is -2.51. The molecule has 2 saturated heterocycles. The second-order valence-corrected chi connectivity index (χ2v) is 7.51. The topological polar surface area (TPSA) is 95.2 Å². The van der Waals surface area contributed by atoms with E-state index >= 15 is 0 Å². The van der Waals surface area contributed by atoms with Gasteiger partial charge in [0.05, 0.1) is 20.3 Å². The van der Waals surface area contributed by atoms with Gasteiger partial charge in [-0.2, -0.15) is 5.01 Å². The second-order valence-electron chi connectivity index (χ2n) is 7.10. The van der Waals surface area contributed by atoms with Crippen molar-refractivity contribution in [3.63, 3.8) is 0 Å². The van der Waals surface area contributed by atoms with Crippen LogP contribution in [0, 0.1) is 0 Å². The number of nitrogens with zero attached hydrogens (tertiary/aromatic N) is 2. The van der Waals surface area contributed by atoms with Crippen molar-refractivity contribution in [2.45, 2.75) is 18.9 Å². The van der Waals surface area contributed by atoms with Gasteiger partial charge in [0.1, 0.15) is 11.3 Å². The van der Waals surface area contributed by atoms with E-state index in [1.165, 1.54) is 0 Å².